The minimum Gasteiger partial charge on any atom is -0.492 e. The van der Waals surface area contributed by atoms with Crippen molar-refractivity contribution < 1.29 is 22.3 Å². The van der Waals surface area contributed by atoms with E-state index in [1.807, 2.05) is 0 Å². The number of amides is 1. The van der Waals surface area contributed by atoms with Crippen LogP contribution in [0.2, 0.25) is 5.02 Å². The molecule has 0 atom stereocenters. The quantitative estimate of drug-likeness (QED) is 0.413. The molecule has 0 aliphatic rings. The van der Waals surface area contributed by atoms with E-state index in [1.165, 1.54) is 36.4 Å². The van der Waals surface area contributed by atoms with Gasteiger partial charge in [-0.1, -0.05) is 33.6 Å². The van der Waals surface area contributed by atoms with Gasteiger partial charge in [-0.15, -0.1) is 0 Å². The van der Waals surface area contributed by atoms with Crippen LogP contribution < -0.4 is 14.8 Å². The third-order valence-electron chi connectivity index (χ3n) is 4.07. The largest absolute Gasteiger partial charge is 0.492 e. The lowest BCUT2D eigenvalue weighted by molar-refractivity contribution is 0.102. The van der Waals surface area contributed by atoms with Crippen LogP contribution in [0.1, 0.15) is 17.3 Å². The number of ether oxygens (including phenoxy) is 1. The van der Waals surface area contributed by atoms with Crippen molar-refractivity contribution in [1.82, 2.24) is 0 Å². The highest BCUT2D eigenvalue weighted by Gasteiger charge is 2.20. The lowest BCUT2D eigenvalue weighted by atomic mass is 10.2. The fraction of sp³-hybridized carbons (Fsp3) is 0.0952. The van der Waals surface area contributed by atoms with E-state index in [2.05, 4.69) is 26.0 Å². The molecule has 3 rings (SSSR count). The fourth-order valence-electron chi connectivity index (χ4n) is 2.66. The Bertz CT molecular complexity index is 1240. The van der Waals surface area contributed by atoms with Crippen molar-refractivity contribution in [1.29, 1.82) is 0 Å². The predicted octanol–water partition coefficient (Wildman–Crippen LogP) is 5.69. The predicted molar refractivity (Wildman–Crippen MR) is 122 cm³/mol. The van der Waals surface area contributed by atoms with E-state index < -0.39 is 21.7 Å². The summed E-state index contributed by atoms with van der Waals surface area (Å²) in [5.74, 6) is -0.949. The first-order chi connectivity index (χ1) is 14.7. The summed E-state index contributed by atoms with van der Waals surface area (Å²) in [6.45, 7) is 2.06. The molecule has 2 N–H and O–H groups in total. The lowest BCUT2D eigenvalue weighted by Gasteiger charge is -2.15. The molecule has 3 aromatic carbocycles. The Labute approximate surface area is 192 Å². The van der Waals surface area contributed by atoms with E-state index in [4.69, 9.17) is 16.3 Å². The van der Waals surface area contributed by atoms with Crippen molar-refractivity contribution in [3.8, 4) is 5.75 Å². The topological polar surface area (TPSA) is 84.5 Å². The zero-order valence-electron chi connectivity index (χ0n) is 16.2. The Kier molecular flexibility index (Phi) is 7.19. The van der Waals surface area contributed by atoms with Crippen molar-refractivity contribution in [3.05, 3.63) is 81.5 Å². The maximum absolute atomic E-state index is 14.1. The van der Waals surface area contributed by atoms with Crippen molar-refractivity contribution in [3.63, 3.8) is 0 Å². The van der Waals surface area contributed by atoms with Crippen LogP contribution in [0, 0.1) is 5.82 Å². The molecule has 0 fully saturated rings. The summed E-state index contributed by atoms with van der Waals surface area (Å²) in [5.41, 5.74) is 0.228. The molecule has 0 radical (unpaired) electrons. The molecule has 0 heterocycles. The maximum Gasteiger partial charge on any atom is 0.262 e. The van der Waals surface area contributed by atoms with E-state index in [0.29, 0.717) is 21.7 Å². The highest BCUT2D eigenvalue weighted by molar-refractivity contribution is 9.10. The average molecular weight is 528 g/mol. The molecular weight excluding hydrogens is 511 g/mol. The standard InChI is InChI=1S/C21H17BrClFN2O4S/c1-2-30-20-9-7-16(31(28,29)26-18-8-6-14(22)11-17(18)24)12-19(20)25-21(27)13-4-3-5-15(23)10-13/h3-12,26H,2H2,1H3,(H,25,27). The van der Waals surface area contributed by atoms with Gasteiger partial charge in [0, 0.05) is 15.1 Å². The number of halogens is 3. The van der Waals surface area contributed by atoms with E-state index in [-0.39, 0.29) is 22.0 Å². The van der Waals surface area contributed by atoms with Crippen LogP contribution in [0.15, 0.2) is 70.0 Å². The molecule has 10 heteroatoms. The van der Waals surface area contributed by atoms with Gasteiger partial charge in [-0.2, -0.15) is 0 Å². The monoisotopic (exact) mass is 526 g/mol. The third kappa shape index (κ3) is 5.75. The Morgan fingerprint density at radius 3 is 2.55 bits per heavy atom. The molecule has 0 spiro atoms. The van der Waals surface area contributed by atoms with Gasteiger partial charge in [0.05, 0.1) is 22.9 Å². The normalized spacial score (nSPS) is 11.1. The molecule has 3 aromatic rings. The van der Waals surface area contributed by atoms with Crippen molar-refractivity contribution in [2.24, 2.45) is 0 Å². The SMILES string of the molecule is CCOc1ccc(S(=O)(=O)Nc2ccc(Br)cc2F)cc1NC(=O)c1cccc(Cl)c1. The van der Waals surface area contributed by atoms with Gasteiger partial charge in [0.25, 0.3) is 15.9 Å². The van der Waals surface area contributed by atoms with E-state index in [1.54, 1.807) is 25.1 Å². The van der Waals surface area contributed by atoms with Crippen LogP contribution in [-0.4, -0.2) is 20.9 Å². The number of anilines is 2. The number of hydrogen-bond acceptors (Lipinski definition) is 4. The Balaban J connectivity index is 1.94. The Hall–Kier alpha value is -2.62. The second-order valence-electron chi connectivity index (χ2n) is 6.29. The third-order valence-corrected chi connectivity index (χ3v) is 6.16. The van der Waals surface area contributed by atoms with Gasteiger partial charge < -0.3 is 10.1 Å². The van der Waals surface area contributed by atoms with E-state index in [9.17, 15) is 17.6 Å². The van der Waals surface area contributed by atoms with E-state index >= 15 is 0 Å². The molecule has 0 aliphatic heterocycles. The molecule has 162 valence electrons. The molecular formula is C21H17BrClFN2O4S. The number of carbonyl (C=O) groups is 1. The van der Waals surface area contributed by atoms with Gasteiger partial charge in [-0.3, -0.25) is 9.52 Å². The van der Waals surface area contributed by atoms with Crippen molar-refractivity contribution in [2.45, 2.75) is 11.8 Å². The average Bonchev–Trinajstić information content (AvgIpc) is 2.71. The summed E-state index contributed by atoms with van der Waals surface area (Å²) in [6.07, 6.45) is 0. The molecule has 0 aliphatic carbocycles. The second-order valence-corrected chi connectivity index (χ2v) is 9.32. The maximum atomic E-state index is 14.1. The minimum absolute atomic E-state index is 0.144. The number of carbonyl (C=O) groups excluding carboxylic acids is 1. The van der Waals surface area contributed by atoms with Gasteiger partial charge in [-0.05, 0) is 61.5 Å². The highest BCUT2D eigenvalue weighted by Crippen LogP contribution is 2.30. The summed E-state index contributed by atoms with van der Waals surface area (Å²) >= 11 is 9.05. The van der Waals surface area contributed by atoms with Crippen LogP contribution in [0.3, 0.4) is 0 Å². The van der Waals surface area contributed by atoms with Gasteiger partial charge in [0.2, 0.25) is 0 Å². The number of benzene rings is 3. The van der Waals surface area contributed by atoms with Crippen molar-refractivity contribution >= 4 is 54.8 Å². The van der Waals surface area contributed by atoms with Crippen LogP contribution in [-0.2, 0) is 10.0 Å². The fourth-order valence-corrected chi connectivity index (χ4v) is 4.27. The summed E-state index contributed by atoms with van der Waals surface area (Å²) in [4.78, 5) is 12.4. The zero-order chi connectivity index (χ0) is 22.6. The Morgan fingerprint density at radius 1 is 1.10 bits per heavy atom. The molecule has 0 saturated heterocycles. The van der Waals surface area contributed by atoms with Crippen LogP contribution in [0.25, 0.3) is 0 Å². The summed E-state index contributed by atoms with van der Waals surface area (Å²) < 4.78 is 47.9. The van der Waals surface area contributed by atoms with Gasteiger partial charge in [0.15, 0.2) is 0 Å². The molecule has 0 saturated carbocycles. The number of sulfonamides is 1. The molecule has 31 heavy (non-hydrogen) atoms. The second kappa shape index (κ2) is 9.67. The first-order valence-corrected chi connectivity index (χ1v) is 11.7. The summed E-state index contributed by atoms with van der Waals surface area (Å²) in [5, 5.41) is 3.02. The molecule has 0 bridgehead atoms. The number of rotatable bonds is 7. The van der Waals surface area contributed by atoms with Crippen LogP contribution in [0.4, 0.5) is 15.8 Å². The van der Waals surface area contributed by atoms with Gasteiger partial charge >= 0.3 is 0 Å². The molecule has 6 nitrogen and oxygen atoms in total. The lowest BCUT2D eigenvalue weighted by Crippen LogP contribution is -2.16. The highest BCUT2D eigenvalue weighted by atomic mass is 79.9. The number of hydrogen-bond donors (Lipinski definition) is 2. The Morgan fingerprint density at radius 2 is 1.87 bits per heavy atom. The van der Waals surface area contributed by atoms with Crippen LogP contribution >= 0.6 is 27.5 Å². The number of nitrogens with one attached hydrogen (secondary N) is 2. The summed E-state index contributed by atoms with van der Waals surface area (Å²) in [6, 6.07) is 14.2. The van der Waals surface area contributed by atoms with Crippen molar-refractivity contribution in [2.75, 3.05) is 16.6 Å². The summed E-state index contributed by atoms with van der Waals surface area (Å²) in [7, 11) is -4.14. The van der Waals surface area contributed by atoms with Gasteiger partial charge in [0.1, 0.15) is 11.6 Å². The van der Waals surface area contributed by atoms with Crippen LogP contribution in [0.5, 0.6) is 5.75 Å². The first kappa shape index (κ1) is 23.1. The first-order valence-electron chi connectivity index (χ1n) is 9.01. The minimum atomic E-state index is -4.14. The zero-order valence-corrected chi connectivity index (χ0v) is 19.3. The smallest absolute Gasteiger partial charge is 0.262 e. The molecule has 0 unspecified atom stereocenters. The molecule has 0 aromatic heterocycles. The molecule has 1 amide bonds. The van der Waals surface area contributed by atoms with Gasteiger partial charge in [-0.25, -0.2) is 12.8 Å². The van der Waals surface area contributed by atoms with E-state index in [0.717, 1.165) is 6.07 Å².